The van der Waals surface area contributed by atoms with E-state index in [1.807, 2.05) is 53.4 Å². The maximum Gasteiger partial charge on any atom is 0.321 e. The van der Waals surface area contributed by atoms with E-state index in [1.165, 1.54) is 0 Å². The number of methoxy groups -OCH3 is 1. The van der Waals surface area contributed by atoms with E-state index in [9.17, 15) is 4.79 Å². The minimum atomic E-state index is -0.101. The molecule has 0 aromatic heterocycles. The SMILES string of the molecule is CCCN(CC1CCCO1)C(=O)Nc1ccc(Oc2ccccc2OC)cc1. The monoisotopic (exact) mass is 384 g/mol. The van der Waals surface area contributed by atoms with Crippen LogP contribution in [0.4, 0.5) is 10.5 Å². The number of rotatable bonds is 8. The standard InChI is InChI=1S/C22H28N2O4/c1-3-14-24(16-19-7-6-15-27-19)22(25)23-17-10-12-18(13-11-17)28-21-9-5-4-8-20(21)26-2/h4-5,8-13,19H,3,6-7,14-16H2,1-2H3,(H,23,25). The molecule has 1 atom stereocenters. The van der Waals surface area contributed by atoms with Crippen molar-refractivity contribution in [3.63, 3.8) is 0 Å². The molecule has 28 heavy (non-hydrogen) atoms. The molecule has 1 unspecified atom stereocenters. The van der Waals surface area contributed by atoms with E-state index in [2.05, 4.69) is 12.2 Å². The lowest BCUT2D eigenvalue weighted by Gasteiger charge is -2.25. The van der Waals surface area contributed by atoms with Crippen molar-refractivity contribution in [1.82, 2.24) is 4.90 Å². The average molecular weight is 384 g/mol. The number of hydrogen-bond donors (Lipinski definition) is 1. The molecule has 1 aliphatic heterocycles. The van der Waals surface area contributed by atoms with Crippen LogP contribution < -0.4 is 14.8 Å². The number of anilines is 1. The number of amides is 2. The molecule has 0 radical (unpaired) electrons. The van der Waals surface area contributed by atoms with Gasteiger partial charge in [0.1, 0.15) is 5.75 Å². The molecule has 1 N–H and O–H groups in total. The summed E-state index contributed by atoms with van der Waals surface area (Å²) in [6.07, 6.45) is 3.14. The molecule has 2 aromatic rings. The van der Waals surface area contributed by atoms with Gasteiger partial charge >= 0.3 is 6.03 Å². The maximum atomic E-state index is 12.7. The van der Waals surface area contributed by atoms with Crippen LogP contribution in [0.5, 0.6) is 17.2 Å². The molecule has 0 bridgehead atoms. The summed E-state index contributed by atoms with van der Waals surface area (Å²) >= 11 is 0. The summed E-state index contributed by atoms with van der Waals surface area (Å²) in [6, 6.07) is 14.7. The van der Waals surface area contributed by atoms with Gasteiger partial charge in [-0.2, -0.15) is 0 Å². The molecule has 1 aliphatic rings. The summed E-state index contributed by atoms with van der Waals surface area (Å²) in [5, 5.41) is 2.97. The van der Waals surface area contributed by atoms with Crippen molar-refractivity contribution in [2.75, 3.05) is 32.1 Å². The van der Waals surface area contributed by atoms with Crippen LogP contribution in [0.15, 0.2) is 48.5 Å². The van der Waals surface area contributed by atoms with Crippen molar-refractivity contribution in [2.24, 2.45) is 0 Å². The van der Waals surface area contributed by atoms with E-state index in [-0.39, 0.29) is 12.1 Å². The zero-order chi connectivity index (χ0) is 19.8. The van der Waals surface area contributed by atoms with Crippen LogP contribution in [0.1, 0.15) is 26.2 Å². The van der Waals surface area contributed by atoms with E-state index in [1.54, 1.807) is 7.11 Å². The van der Waals surface area contributed by atoms with Crippen molar-refractivity contribution < 1.29 is 19.0 Å². The Labute approximate surface area is 166 Å². The first-order chi connectivity index (χ1) is 13.7. The second-order valence-corrected chi connectivity index (χ2v) is 6.79. The molecule has 0 spiro atoms. The Bertz CT molecular complexity index is 757. The topological polar surface area (TPSA) is 60.0 Å². The van der Waals surface area contributed by atoms with Crippen molar-refractivity contribution in [3.8, 4) is 17.2 Å². The zero-order valence-corrected chi connectivity index (χ0v) is 16.5. The summed E-state index contributed by atoms with van der Waals surface area (Å²) in [4.78, 5) is 14.5. The molecule has 1 saturated heterocycles. The molecule has 150 valence electrons. The Hall–Kier alpha value is -2.73. The van der Waals surface area contributed by atoms with Crippen LogP contribution in [0.3, 0.4) is 0 Å². The summed E-state index contributed by atoms with van der Waals surface area (Å²) in [6.45, 7) is 4.20. The Kier molecular flexibility index (Phi) is 7.14. The third-order valence-corrected chi connectivity index (χ3v) is 4.63. The van der Waals surface area contributed by atoms with Gasteiger partial charge in [0.15, 0.2) is 11.5 Å². The predicted molar refractivity (Wildman–Crippen MR) is 109 cm³/mol. The molecule has 2 aromatic carbocycles. The summed E-state index contributed by atoms with van der Waals surface area (Å²) in [5.41, 5.74) is 0.728. The van der Waals surface area contributed by atoms with E-state index < -0.39 is 0 Å². The van der Waals surface area contributed by atoms with Crippen molar-refractivity contribution in [2.45, 2.75) is 32.3 Å². The molecule has 6 nitrogen and oxygen atoms in total. The lowest BCUT2D eigenvalue weighted by Crippen LogP contribution is -2.40. The Morgan fingerprint density at radius 3 is 2.57 bits per heavy atom. The van der Waals surface area contributed by atoms with Gasteiger partial charge in [0.25, 0.3) is 0 Å². The maximum absolute atomic E-state index is 12.7. The van der Waals surface area contributed by atoms with Gasteiger partial charge in [-0.05, 0) is 55.7 Å². The van der Waals surface area contributed by atoms with Crippen LogP contribution in [0, 0.1) is 0 Å². The first-order valence-electron chi connectivity index (χ1n) is 9.78. The number of nitrogens with zero attached hydrogens (tertiary/aromatic N) is 1. The van der Waals surface area contributed by atoms with E-state index in [4.69, 9.17) is 14.2 Å². The minimum absolute atomic E-state index is 0.101. The highest BCUT2D eigenvalue weighted by atomic mass is 16.5. The van der Waals surface area contributed by atoms with Gasteiger partial charge in [0.2, 0.25) is 0 Å². The fourth-order valence-electron chi connectivity index (χ4n) is 3.22. The number of urea groups is 1. The number of carbonyl (C=O) groups excluding carboxylic acids is 1. The number of ether oxygens (including phenoxy) is 3. The third-order valence-electron chi connectivity index (χ3n) is 4.63. The average Bonchev–Trinajstić information content (AvgIpc) is 3.23. The Morgan fingerprint density at radius 1 is 1.18 bits per heavy atom. The number of para-hydroxylation sites is 2. The first kappa shape index (κ1) is 20.0. The highest BCUT2D eigenvalue weighted by Crippen LogP contribution is 2.31. The van der Waals surface area contributed by atoms with Crippen molar-refractivity contribution in [1.29, 1.82) is 0 Å². The van der Waals surface area contributed by atoms with Crippen LogP contribution in [0.25, 0.3) is 0 Å². The normalized spacial score (nSPS) is 15.9. The van der Waals surface area contributed by atoms with Crippen molar-refractivity contribution >= 4 is 11.7 Å². The first-order valence-corrected chi connectivity index (χ1v) is 9.78. The lowest BCUT2D eigenvalue weighted by atomic mass is 10.2. The lowest BCUT2D eigenvalue weighted by molar-refractivity contribution is 0.0836. The number of nitrogens with one attached hydrogen (secondary N) is 1. The highest BCUT2D eigenvalue weighted by molar-refractivity contribution is 5.89. The smallest absolute Gasteiger partial charge is 0.321 e. The van der Waals surface area contributed by atoms with E-state index in [0.717, 1.165) is 31.6 Å². The van der Waals surface area contributed by atoms with Gasteiger partial charge in [-0.25, -0.2) is 4.79 Å². The Morgan fingerprint density at radius 2 is 1.93 bits per heavy atom. The molecule has 2 amide bonds. The largest absolute Gasteiger partial charge is 0.493 e. The molecular formula is C22H28N2O4. The number of carbonyl (C=O) groups is 1. The molecule has 1 fully saturated rings. The molecule has 3 rings (SSSR count). The zero-order valence-electron chi connectivity index (χ0n) is 16.5. The van der Waals surface area contributed by atoms with E-state index >= 15 is 0 Å². The number of benzene rings is 2. The minimum Gasteiger partial charge on any atom is -0.493 e. The fraction of sp³-hybridized carbons (Fsp3) is 0.409. The molecule has 1 heterocycles. The molecular weight excluding hydrogens is 356 g/mol. The fourth-order valence-corrected chi connectivity index (χ4v) is 3.22. The number of hydrogen-bond acceptors (Lipinski definition) is 4. The quantitative estimate of drug-likeness (QED) is 0.702. The molecule has 6 heteroatoms. The second kappa shape index (κ2) is 9.99. The van der Waals surface area contributed by atoms with Crippen LogP contribution in [-0.4, -0.2) is 43.8 Å². The summed E-state index contributed by atoms with van der Waals surface area (Å²) < 4.78 is 16.8. The van der Waals surface area contributed by atoms with Crippen molar-refractivity contribution in [3.05, 3.63) is 48.5 Å². The van der Waals surface area contributed by atoms with Crippen LogP contribution >= 0.6 is 0 Å². The molecule has 0 aliphatic carbocycles. The van der Waals surface area contributed by atoms with Gasteiger partial charge < -0.3 is 24.4 Å². The van der Waals surface area contributed by atoms with Gasteiger partial charge in [-0.3, -0.25) is 0 Å². The van der Waals surface area contributed by atoms with Gasteiger partial charge in [-0.1, -0.05) is 19.1 Å². The Balaban J connectivity index is 1.59. The van der Waals surface area contributed by atoms with Gasteiger partial charge in [0, 0.05) is 25.4 Å². The van der Waals surface area contributed by atoms with Gasteiger partial charge in [-0.15, -0.1) is 0 Å². The highest BCUT2D eigenvalue weighted by Gasteiger charge is 2.22. The van der Waals surface area contributed by atoms with E-state index in [0.29, 0.717) is 30.3 Å². The molecule has 0 saturated carbocycles. The summed E-state index contributed by atoms with van der Waals surface area (Å²) in [5.74, 6) is 1.99. The van der Waals surface area contributed by atoms with Crippen LogP contribution in [-0.2, 0) is 4.74 Å². The van der Waals surface area contributed by atoms with Crippen LogP contribution in [0.2, 0.25) is 0 Å². The summed E-state index contributed by atoms with van der Waals surface area (Å²) in [7, 11) is 1.61. The predicted octanol–water partition coefficient (Wildman–Crippen LogP) is 4.91. The second-order valence-electron chi connectivity index (χ2n) is 6.79. The van der Waals surface area contributed by atoms with Gasteiger partial charge in [0.05, 0.1) is 13.2 Å². The third kappa shape index (κ3) is 5.39.